The largest absolute Gasteiger partial charge is 0.465 e. The van der Waals surface area contributed by atoms with Gasteiger partial charge in [-0.05, 0) is 43.9 Å². The van der Waals surface area contributed by atoms with Crippen LogP contribution in [-0.2, 0) is 30.2 Å². The molecule has 2 aromatic heterocycles. The molecule has 8 heteroatoms. The van der Waals surface area contributed by atoms with Gasteiger partial charge in [-0.1, -0.05) is 0 Å². The zero-order valence-electron chi connectivity index (χ0n) is 14.0. The number of hydrogen-bond acceptors (Lipinski definition) is 4. The second-order valence-electron chi connectivity index (χ2n) is 6.01. The number of aryl methyl sites for hydroxylation is 1. The summed E-state index contributed by atoms with van der Waals surface area (Å²) in [5.74, 6) is 0.275. The van der Waals surface area contributed by atoms with Crippen LogP contribution in [0.1, 0.15) is 41.4 Å². The SMILES string of the molecule is O=C(/C=C/c1ccco1)NCCc1nc2c(c(C(F)(F)F)n1)CCCC2. The lowest BCUT2D eigenvalue weighted by Crippen LogP contribution is -2.26. The summed E-state index contributed by atoms with van der Waals surface area (Å²) in [6, 6.07) is 3.40. The van der Waals surface area contributed by atoms with Gasteiger partial charge in [-0.25, -0.2) is 9.97 Å². The Morgan fingerprint density at radius 1 is 1.27 bits per heavy atom. The fourth-order valence-electron chi connectivity index (χ4n) is 2.89. The van der Waals surface area contributed by atoms with E-state index in [2.05, 4.69) is 15.3 Å². The predicted molar refractivity (Wildman–Crippen MR) is 88.1 cm³/mol. The molecule has 0 unspecified atom stereocenters. The Morgan fingerprint density at radius 3 is 2.81 bits per heavy atom. The summed E-state index contributed by atoms with van der Waals surface area (Å²) in [6.07, 6.45) is 2.38. The molecule has 5 nitrogen and oxygen atoms in total. The van der Waals surface area contributed by atoms with Crippen molar-refractivity contribution >= 4 is 12.0 Å². The molecule has 2 aromatic rings. The molecule has 0 atom stereocenters. The first-order chi connectivity index (χ1) is 12.4. The predicted octanol–water partition coefficient (Wildman–Crippen LogP) is 3.34. The van der Waals surface area contributed by atoms with Crippen LogP contribution >= 0.6 is 0 Å². The molecule has 0 aliphatic heterocycles. The Balaban J connectivity index is 1.63. The van der Waals surface area contributed by atoms with Crippen LogP contribution in [-0.4, -0.2) is 22.4 Å². The van der Waals surface area contributed by atoms with Gasteiger partial charge in [0.15, 0.2) is 5.69 Å². The Morgan fingerprint density at radius 2 is 2.08 bits per heavy atom. The molecule has 0 bridgehead atoms. The van der Waals surface area contributed by atoms with Crippen LogP contribution in [0.15, 0.2) is 28.9 Å². The van der Waals surface area contributed by atoms with Crippen molar-refractivity contribution in [3.63, 3.8) is 0 Å². The standard InChI is InChI=1S/C18H18F3N3O2/c19-18(20,21)17-13-5-1-2-6-14(13)23-15(24-17)9-10-22-16(25)8-7-12-4-3-11-26-12/h3-4,7-8,11H,1-2,5-6,9-10H2,(H,22,25)/b8-7+. The van der Waals surface area contributed by atoms with E-state index in [9.17, 15) is 18.0 Å². The molecule has 0 aromatic carbocycles. The lowest BCUT2D eigenvalue weighted by Gasteiger charge is -2.20. The Bertz CT molecular complexity index is 799. The Hall–Kier alpha value is -2.64. The van der Waals surface area contributed by atoms with Crippen molar-refractivity contribution in [3.8, 4) is 0 Å². The van der Waals surface area contributed by atoms with Crippen LogP contribution in [0.5, 0.6) is 0 Å². The highest BCUT2D eigenvalue weighted by atomic mass is 19.4. The molecule has 0 saturated carbocycles. The number of alkyl halides is 3. The summed E-state index contributed by atoms with van der Waals surface area (Å²) >= 11 is 0. The van der Waals surface area contributed by atoms with Crippen LogP contribution < -0.4 is 5.32 Å². The normalized spacial score (nSPS) is 14.4. The minimum atomic E-state index is -4.49. The van der Waals surface area contributed by atoms with Crippen molar-refractivity contribution in [2.24, 2.45) is 0 Å². The second kappa shape index (κ2) is 7.72. The molecule has 0 saturated heterocycles. The van der Waals surface area contributed by atoms with Gasteiger partial charge in [0.2, 0.25) is 5.91 Å². The third-order valence-corrected chi connectivity index (χ3v) is 4.09. The lowest BCUT2D eigenvalue weighted by molar-refractivity contribution is -0.142. The Labute approximate surface area is 148 Å². The maximum absolute atomic E-state index is 13.3. The van der Waals surface area contributed by atoms with Crippen LogP contribution in [0.4, 0.5) is 13.2 Å². The molecule has 138 valence electrons. The highest BCUT2D eigenvalue weighted by Gasteiger charge is 2.37. The topological polar surface area (TPSA) is 68.0 Å². The number of carbonyl (C=O) groups is 1. The number of furan rings is 1. The number of fused-ring (bicyclic) bond motifs is 1. The summed E-state index contributed by atoms with van der Waals surface area (Å²) in [5, 5.41) is 2.60. The van der Waals surface area contributed by atoms with Crippen LogP contribution in [0.3, 0.4) is 0 Å². The molecule has 26 heavy (non-hydrogen) atoms. The van der Waals surface area contributed by atoms with E-state index in [1.807, 2.05) is 0 Å². The number of carbonyl (C=O) groups excluding carboxylic acids is 1. The minimum Gasteiger partial charge on any atom is -0.465 e. The average molecular weight is 365 g/mol. The number of amides is 1. The first-order valence-electron chi connectivity index (χ1n) is 8.39. The second-order valence-corrected chi connectivity index (χ2v) is 6.01. The number of nitrogens with zero attached hydrogens (tertiary/aromatic N) is 2. The number of rotatable bonds is 5. The monoisotopic (exact) mass is 365 g/mol. The van der Waals surface area contributed by atoms with Crippen molar-refractivity contribution in [2.45, 2.75) is 38.3 Å². The van der Waals surface area contributed by atoms with Gasteiger partial charge in [-0.3, -0.25) is 4.79 Å². The van der Waals surface area contributed by atoms with Gasteiger partial charge in [0, 0.05) is 30.3 Å². The van der Waals surface area contributed by atoms with E-state index in [0.29, 0.717) is 24.3 Å². The van der Waals surface area contributed by atoms with E-state index in [4.69, 9.17) is 4.42 Å². The summed E-state index contributed by atoms with van der Waals surface area (Å²) in [4.78, 5) is 19.7. The quantitative estimate of drug-likeness (QED) is 0.826. The van der Waals surface area contributed by atoms with E-state index in [0.717, 1.165) is 12.8 Å². The number of halogens is 3. The van der Waals surface area contributed by atoms with Crippen molar-refractivity contribution < 1.29 is 22.4 Å². The van der Waals surface area contributed by atoms with Gasteiger partial charge in [0.1, 0.15) is 11.6 Å². The van der Waals surface area contributed by atoms with Crippen molar-refractivity contribution in [2.75, 3.05) is 6.54 Å². The summed E-state index contributed by atoms with van der Waals surface area (Å²) in [7, 11) is 0. The highest BCUT2D eigenvalue weighted by Crippen LogP contribution is 2.34. The van der Waals surface area contributed by atoms with E-state index in [1.54, 1.807) is 12.1 Å². The van der Waals surface area contributed by atoms with Crippen molar-refractivity contribution in [3.05, 3.63) is 53.0 Å². The minimum absolute atomic E-state index is 0.105. The lowest BCUT2D eigenvalue weighted by atomic mass is 9.94. The van der Waals surface area contributed by atoms with Gasteiger partial charge in [0.05, 0.1) is 6.26 Å². The highest BCUT2D eigenvalue weighted by molar-refractivity contribution is 5.91. The summed E-state index contributed by atoms with van der Waals surface area (Å²) < 4.78 is 44.9. The smallest absolute Gasteiger partial charge is 0.433 e. The first-order valence-corrected chi connectivity index (χ1v) is 8.39. The molecule has 1 amide bonds. The maximum atomic E-state index is 13.3. The van der Waals surface area contributed by atoms with Gasteiger partial charge < -0.3 is 9.73 Å². The van der Waals surface area contributed by atoms with Crippen molar-refractivity contribution in [1.82, 2.24) is 15.3 Å². The Kier molecular flexibility index (Phi) is 5.39. The van der Waals surface area contributed by atoms with Crippen LogP contribution in [0.2, 0.25) is 0 Å². The van der Waals surface area contributed by atoms with Crippen LogP contribution in [0, 0.1) is 0 Å². The van der Waals surface area contributed by atoms with E-state index in [-0.39, 0.29) is 30.3 Å². The van der Waals surface area contributed by atoms with E-state index in [1.165, 1.54) is 18.4 Å². The van der Waals surface area contributed by atoms with Crippen molar-refractivity contribution in [1.29, 1.82) is 0 Å². The molecule has 2 heterocycles. The molecule has 0 fully saturated rings. The molecule has 1 aliphatic rings. The van der Waals surface area contributed by atoms with E-state index < -0.39 is 11.9 Å². The average Bonchev–Trinajstić information content (AvgIpc) is 3.12. The van der Waals surface area contributed by atoms with E-state index >= 15 is 0 Å². The molecule has 3 rings (SSSR count). The summed E-state index contributed by atoms with van der Waals surface area (Å²) in [6.45, 7) is 0.150. The van der Waals surface area contributed by atoms with Gasteiger partial charge in [0.25, 0.3) is 0 Å². The number of hydrogen-bond donors (Lipinski definition) is 1. The molecular formula is C18H18F3N3O2. The zero-order valence-corrected chi connectivity index (χ0v) is 14.0. The molecule has 1 N–H and O–H groups in total. The number of nitrogens with one attached hydrogen (secondary N) is 1. The van der Waals surface area contributed by atoms with Gasteiger partial charge >= 0.3 is 6.18 Å². The third-order valence-electron chi connectivity index (χ3n) is 4.09. The zero-order chi connectivity index (χ0) is 18.6. The number of aromatic nitrogens is 2. The summed E-state index contributed by atoms with van der Waals surface area (Å²) in [5.41, 5.74) is -0.128. The molecule has 0 spiro atoms. The fraction of sp³-hybridized carbons (Fsp3) is 0.389. The third kappa shape index (κ3) is 4.50. The maximum Gasteiger partial charge on any atom is 0.433 e. The fourth-order valence-corrected chi connectivity index (χ4v) is 2.89. The molecular weight excluding hydrogens is 347 g/mol. The van der Waals surface area contributed by atoms with Crippen LogP contribution in [0.25, 0.3) is 6.08 Å². The van der Waals surface area contributed by atoms with Gasteiger partial charge in [-0.2, -0.15) is 13.2 Å². The first kappa shape index (κ1) is 18.2. The molecule has 0 radical (unpaired) electrons. The molecule has 1 aliphatic carbocycles. The van der Waals surface area contributed by atoms with Gasteiger partial charge in [-0.15, -0.1) is 0 Å².